The molecule has 4 aromatic carbocycles. The van der Waals surface area contributed by atoms with E-state index in [1.165, 1.54) is 0 Å². The monoisotopic (exact) mass is 415 g/mol. The molecule has 1 saturated carbocycles. The van der Waals surface area contributed by atoms with Crippen molar-refractivity contribution in [3.63, 3.8) is 0 Å². The molecule has 3 nitrogen and oxygen atoms in total. The molecule has 1 spiro atoms. The Morgan fingerprint density at radius 2 is 1.09 bits per heavy atom. The standard InChI is InChI=1S/C29H21NO2/c31-27-29(30-26(32-27)22-15-7-2-8-16-22)25(21-13-5-1-6-14-21)28(29,23-17-9-3-10-18-23)24-19-11-4-12-20-24/h1-20,25H. The van der Waals surface area contributed by atoms with E-state index in [9.17, 15) is 4.79 Å². The zero-order valence-corrected chi connectivity index (χ0v) is 17.4. The number of hydrogen-bond donors (Lipinski definition) is 0. The fraction of sp³-hybridized carbons (Fsp3) is 0.103. The highest BCUT2D eigenvalue weighted by Crippen LogP contribution is 2.75. The molecular weight excluding hydrogens is 394 g/mol. The molecule has 0 amide bonds. The predicted molar refractivity (Wildman–Crippen MR) is 125 cm³/mol. The highest BCUT2D eigenvalue weighted by molar-refractivity contribution is 6.12. The quantitative estimate of drug-likeness (QED) is 0.412. The first-order chi connectivity index (χ1) is 15.8. The molecule has 0 radical (unpaired) electrons. The molecule has 0 N–H and O–H groups in total. The van der Waals surface area contributed by atoms with Crippen molar-refractivity contribution in [2.75, 3.05) is 0 Å². The van der Waals surface area contributed by atoms with Crippen LogP contribution in [-0.4, -0.2) is 17.4 Å². The second-order valence-corrected chi connectivity index (χ2v) is 8.32. The van der Waals surface area contributed by atoms with Crippen LogP contribution in [-0.2, 0) is 14.9 Å². The summed E-state index contributed by atoms with van der Waals surface area (Å²) >= 11 is 0. The van der Waals surface area contributed by atoms with Crippen LogP contribution in [0.4, 0.5) is 0 Å². The smallest absolute Gasteiger partial charge is 0.342 e. The van der Waals surface area contributed by atoms with E-state index in [4.69, 9.17) is 9.73 Å². The SMILES string of the molecule is O=C1OC(c2ccccc2)=NC12C(c1ccccc1)C2(c1ccccc1)c1ccccc1. The fourth-order valence-corrected chi connectivity index (χ4v) is 5.47. The Hall–Kier alpha value is -3.98. The Morgan fingerprint density at radius 3 is 1.62 bits per heavy atom. The predicted octanol–water partition coefficient (Wildman–Crippen LogP) is 5.51. The Balaban J connectivity index is 1.65. The molecule has 2 unspecified atom stereocenters. The molecule has 154 valence electrons. The number of ether oxygens (including phenoxy) is 1. The van der Waals surface area contributed by atoms with Crippen LogP contribution in [0.3, 0.4) is 0 Å². The van der Waals surface area contributed by atoms with Gasteiger partial charge >= 0.3 is 5.97 Å². The molecule has 0 bridgehead atoms. The molecule has 1 aliphatic carbocycles. The number of nitrogens with zero attached hydrogens (tertiary/aromatic N) is 1. The number of carbonyl (C=O) groups is 1. The summed E-state index contributed by atoms with van der Waals surface area (Å²) in [5, 5.41) is 0. The van der Waals surface area contributed by atoms with E-state index in [2.05, 4.69) is 36.4 Å². The van der Waals surface area contributed by atoms with E-state index in [0.29, 0.717) is 5.90 Å². The third-order valence-corrected chi connectivity index (χ3v) is 6.76. The van der Waals surface area contributed by atoms with Gasteiger partial charge in [-0.15, -0.1) is 0 Å². The lowest BCUT2D eigenvalue weighted by molar-refractivity contribution is -0.136. The number of aliphatic imine (C=N–C) groups is 1. The van der Waals surface area contributed by atoms with Crippen molar-refractivity contribution in [3.05, 3.63) is 144 Å². The maximum Gasteiger partial charge on any atom is 0.342 e. The van der Waals surface area contributed by atoms with Gasteiger partial charge in [-0.25, -0.2) is 9.79 Å². The van der Waals surface area contributed by atoms with E-state index in [0.717, 1.165) is 22.3 Å². The number of carbonyl (C=O) groups excluding carboxylic acids is 1. The largest absolute Gasteiger partial charge is 0.405 e. The average Bonchev–Trinajstić information content (AvgIpc) is 3.35. The van der Waals surface area contributed by atoms with Crippen LogP contribution in [0.2, 0.25) is 0 Å². The Kier molecular flexibility index (Phi) is 4.12. The molecule has 4 aromatic rings. The molecule has 3 heteroatoms. The van der Waals surface area contributed by atoms with Gasteiger partial charge in [0.25, 0.3) is 0 Å². The minimum Gasteiger partial charge on any atom is -0.405 e. The van der Waals surface area contributed by atoms with E-state index in [1.54, 1.807) is 0 Å². The van der Waals surface area contributed by atoms with Gasteiger partial charge in [-0.2, -0.15) is 0 Å². The second kappa shape index (κ2) is 7.03. The first-order valence-corrected chi connectivity index (χ1v) is 10.8. The van der Waals surface area contributed by atoms with E-state index < -0.39 is 11.0 Å². The van der Waals surface area contributed by atoms with Crippen LogP contribution in [0.5, 0.6) is 0 Å². The van der Waals surface area contributed by atoms with Crippen LogP contribution in [0.25, 0.3) is 0 Å². The number of rotatable bonds is 4. The van der Waals surface area contributed by atoms with Gasteiger partial charge in [0.15, 0.2) is 5.54 Å². The minimum absolute atomic E-state index is 0.172. The van der Waals surface area contributed by atoms with Crippen LogP contribution in [0, 0.1) is 0 Å². The van der Waals surface area contributed by atoms with Gasteiger partial charge in [-0.05, 0) is 28.8 Å². The lowest BCUT2D eigenvalue weighted by Crippen LogP contribution is -2.29. The van der Waals surface area contributed by atoms with Crippen molar-refractivity contribution in [1.82, 2.24) is 0 Å². The van der Waals surface area contributed by atoms with Gasteiger partial charge in [0.1, 0.15) is 0 Å². The number of cyclic esters (lactones) is 1. The van der Waals surface area contributed by atoms with Crippen molar-refractivity contribution >= 4 is 11.9 Å². The molecule has 6 rings (SSSR count). The molecule has 32 heavy (non-hydrogen) atoms. The van der Waals surface area contributed by atoms with Crippen molar-refractivity contribution < 1.29 is 9.53 Å². The summed E-state index contributed by atoms with van der Waals surface area (Å²) in [7, 11) is 0. The Morgan fingerprint density at radius 1 is 0.625 bits per heavy atom. The van der Waals surface area contributed by atoms with Crippen LogP contribution in [0.1, 0.15) is 28.2 Å². The van der Waals surface area contributed by atoms with Crippen LogP contribution in [0.15, 0.2) is 126 Å². The topological polar surface area (TPSA) is 38.7 Å². The maximum absolute atomic E-state index is 13.8. The number of esters is 1. The zero-order valence-electron chi connectivity index (χ0n) is 17.4. The molecule has 1 aliphatic heterocycles. The number of benzene rings is 4. The lowest BCUT2D eigenvalue weighted by atomic mass is 9.82. The molecule has 0 aromatic heterocycles. The minimum atomic E-state index is -1.05. The van der Waals surface area contributed by atoms with Gasteiger partial charge in [-0.3, -0.25) is 0 Å². The molecule has 2 aliphatic rings. The van der Waals surface area contributed by atoms with Gasteiger partial charge in [0.2, 0.25) is 5.90 Å². The first-order valence-electron chi connectivity index (χ1n) is 10.8. The van der Waals surface area contributed by atoms with Gasteiger partial charge < -0.3 is 4.74 Å². The van der Waals surface area contributed by atoms with Crippen LogP contribution < -0.4 is 0 Å². The van der Waals surface area contributed by atoms with E-state index >= 15 is 0 Å². The summed E-state index contributed by atoms with van der Waals surface area (Å²) in [6, 6.07) is 40.4. The van der Waals surface area contributed by atoms with Gasteiger partial charge in [0, 0.05) is 11.5 Å². The van der Waals surface area contributed by atoms with Gasteiger partial charge in [-0.1, -0.05) is 109 Å². The summed E-state index contributed by atoms with van der Waals surface area (Å²) < 4.78 is 5.89. The lowest BCUT2D eigenvalue weighted by Gasteiger charge is -2.20. The van der Waals surface area contributed by atoms with Gasteiger partial charge in [0.05, 0.1) is 5.41 Å². The molecule has 1 fully saturated rings. The highest BCUT2D eigenvalue weighted by atomic mass is 16.6. The van der Waals surface area contributed by atoms with E-state index in [-0.39, 0.29) is 11.9 Å². The Labute approximate surface area is 187 Å². The van der Waals surface area contributed by atoms with Crippen LogP contribution >= 0.6 is 0 Å². The Bertz CT molecular complexity index is 1260. The molecular formula is C29H21NO2. The van der Waals surface area contributed by atoms with E-state index in [1.807, 2.05) is 84.9 Å². The average molecular weight is 415 g/mol. The first kappa shape index (κ1) is 18.8. The summed E-state index contributed by atoms with van der Waals surface area (Å²) in [5.41, 5.74) is 2.32. The van der Waals surface area contributed by atoms with Crippen molar-refractivity contribution in [2.45, 2.75) is 16.9 Å². The second-order valence-electron chi connectivity index (χ2n) is 8.32. The molecule has 1 heterocycles. The fourth-order valence-electron chi connectivity index (χ4n) is 5.47. The van der Waals surface area contributed by atoms with Crippen molar-refractivity contribution in [3.8, 4) is 0 Å². The third kappa shape index (κ3) is 2.42. The molecule has 2 atom stereocenters. The number of hydrogen-bond acceptors (Lipinski definition) is 3. The van der Waals surface area contributed by atoms with Crippen molar-refractivity contribution in [2.24, 2.45) is 4.99 Å². The summed E-state index contributed by atoms with van der Waals surface area (Å²) in [4.78, 5) is 18.8. The normalized spacial score (nSPS) is 22.9. The van der Waals surface area contributed by atoms with Crippen molar-refractivity contribution in [1.29, 1.82) is 0 Å². The summed E-state index contributed by atoms with van der Waals surface area (Å²) in [6.07, 6.45) is 0. The maximum atomic E-state index is 13.8. The molecule has 0 saturated heterocycles. The zero-order chi connectivity index (χ0) is 21.6. The summed E-state index contributed by atoms with van der Waals surface area (Å²) in [6.45, 7) is 0. The third-order valence-electron chi connectivity index (χ3n) is 6.76. The summed E-state index contributed by atoms with van der Waals surface area (Å²) in [5.74, 6) is -0.0714. The highest BCUT2D eigenvalue weighted by Gasteiger charge is 2.85.